The molecule has 19 heavy (non-hydrogen) atoms. The van der Waals surface area contributed by atoms with E-state index in [0.29, 0.717) is 24.9 Å². The molecule has 0 heterocycles. The predicted molar refractivity (Wildman–Crippen MR) is 73.6 cm³/mol. The second kappa shape index (κ2) is 7.41. The predicted octanol–water partition coefficient (Wildman–Crippen LogP) is 1.57. The van der Waals surface area contributed by atoms with Crippen molar-refractivity contribution in [1.29, 1.82) is 0 Å². The second-order valence-corrected chi connectivity index (χ2v) is 4.51. The highest BCUT2D eigenvalue weighted by Gasteiger charge is 2.13. The standard InChI is InChI=1S/C14H20N2O3/c1-2-12(9-14(18)19)16-13(17)8-5-10-3-6-11(15)7-4-10/h3-4,6-7,12H,2,5,8-9,15H2,1H3,(H,16,17)(H,18,19). The first-order valence-corrected chi connectivity index (χ1v) is 6.36. The van der Waals surface area contributed by atoms with Gasteiger partial charge in [-0.1, -0.05) is 19.1 Å². The number of carbonyl (C=O) groups is 2. The highest BCUT2D eigenvalue weighted by Crippen LogP contribution is 2.08. The third kappa shape index (κ3) is 5.90. The number of amides is 1. The van der Waals surface area contributed by atoms with Gasteiger partial charge in [0.15, 0.2) is 0 Å². The molecule has 1 aromatic rings. The van der Waals surface area contributed by atoms with Crippen LogP contribution in [0.25, 0.3) is 0 Å². The molecule has 0 bridgehead atoms. The zero-order chi connectivity index (χ0) is 14.3. The van der Waals surface area contributed by atoms with Gasteiger partial charge in [-0.2, -0.15) is 0 Å². The fourth-order valence-corrected chi connectivity index (χ4v) is 1.75. The number of carboxylic acid groups (broad SMARTS) is 1. The maximum Gasteiger partial charge on any atom is 0.305 e. The number of nitrogens with two attached hydrogens (primary N) is 1. The van der Waals surface area contributed by atoms with Crippen LogP contribution in [0.15, 0.2) is 24.3 Å². The van der Waals surface area contributed by atoms with Crippen LogP contribution in [-0.2, 0) is 16.0 Å². The fraction of sp³-hybridized carbons (Fsp3) is 0.429. The van der Waals surface area contributed by atoms with Gasteiger partial charge in [-0.25, -0.2) is 0 Å². The minimum atomic E-state index is -0.898. The van der Waals surface area contributed by atoms with Crippen LogP contribution in [0.4, 0.5) is 5.69 Å². The van der Waals surface area contributed by atoms with Crippen molar-refractivity contribution in [1.82, 2.24) is 5.32 Å². The van der Waals surface area contributed by atoms with E-state index >= 15 is 0 Å². The van der Waals surface area contributed by atoms with Crippen molar-refractivity contribution < 1.29 is 14.7 Å². The summed E-state index contributed by atoms with van der Waals surface area (Å²) in [5, 5.41) is 11.4. The maximum atomic E-state index is 11.7. The molecule has 1 aromatic carbocycles. The Kier molecular flexibility index (Phi) is 5.85. The summed E-state index contributed by atoms with van der Waals surface area (Å²) in [6.45, 7) is 1.86. The van der Waals surface area contributed by atoms with E-state index in [-0.39, 0.29) is 18.4 Å². The number of nitrogen functional groups attached to an aromatic ring is 1. The molecule has 104 valence electrons. The lowest BCUT2D eigenvalue weighted by molar-refractivity contribution is -0.137. The molecule has 5 heteroatoms. The number of hydrogen-bond acceptors (Lipinski definition) is 3. The highest BCUT2D eigenvalue weighted by atomic mass is 16.4. The van der Waals surface area contributed by atoms with Gasteiger partial charge in [0.05, 0.1) is 6.42 Å². The molecule has 0 radical (unpaired) electrons. The average Bonchev–Trinajstić information content (AvgIpc) is 2.36. The molecule has 0 saturated heterocycles. The van der Waals surface area contributed by atoms with Gasteiger partial charge in [0.2, 0.25) is 5.91 Å². The highest BCUT2D eigenvalue weighted by molar-refractivity contribution is 5.77. The summed E-state index contributed by atoms with van der Waals surface area (Å²) < 4.78 is 0. The van der Waals surface area contributed by atoms with E-state index in [4.69, 9.17) is 10.8 Å². The normalized spacial score (nSPS) is 11.8. The quantitative estimate of drug-likeness (QED) is 0.652. The van der Waals surface area contributed by atoms with Gasteiger partial charge in [-0.3, -0.25) is 9.59 Å². The van der Waals surface area contributed by atoms with E-state index in [1.165, 1.54) is 0 Å². The Morgan fingerprint density at radius 2 is 1.95 bits per heavy atom. The van der Waals surface area contributed by atoms with Crippen LogP contribution in [0.1, 0.15) is 31.7 Å². The van der Waals surface area contributed by atoms with Gasteiger partial charge in [-0.15, -0.1) is 0 Å². The molecule has 1 amide bonds. The lowest BCUT2D eigenvalue weighted by Crippen LogP contribution is -2.36. The molecule has 0 aliphatic carbocycles. The first-order chi connectivity index (χ1) is 9.01. The molecular formula is C14H20N2O3. The number of aryl methyl sites for hydroxylation is 1. The van der Waals surface area contributed by atoms with Crippen LogP contribution in [0, 0.1) is 0 Å². The third-order valence-corrected chi connectivity index (χ3v) is 2.90. The van der Waals surface area contributed by atoms with Crippen molar-refractivity contribution in [2.24, 2.45) is 0 Å². The molecule has 4 N–H and O–H groups in total. The first-order valence-electron chi connectivity index (χ1n) is 6.36. The van der Waals surface area contributed by atoms with Gasteiger partial charge in [0.1, 0.15) is 0 Å². The molecule has 1 rings (SSSR count). The molecule has 0 spiro atoms. The number of anilines is 1. The van der Waals surface area contributed by atoms with Crippen LogP contribution in [0.5, 0.6) is 0 Å². The van der Waals surface area contributed by atoms with E-state index in [1.54, 1.807) is 12.1 Å². The zero-order valence-electron chi connectivity index (χ0n) is 11.1. The Balaban J connectivity index is 2.38. The first kappa shape index (κ1) is 15.0. The molecular weight excluding hydrogens is 244 g/mol. The van der Waals surface area contributed by atoms with Gasteiger partial charge in [0.25, 0.3) is 0 Å². The number of rotatable bonds is 7. The summed E-state index contributed by atoms with van der Waals surface area (Å²) in [5.74, 6) is -1.02. The van der Waals surface area contributed by atoms with Crippen molar-refractivity contribution in [2.75, 3.05) is 5.73 Å². The van der Waals surface area contributed by atoms with Crippen molar-refractivity contribution >= 4 is 17.6 Å². The van der Waals surface area contributed by atoms with E-state index in [2.05, 4.69) is 5.32 Å². The van der Waals surface area contributed by atoms with E-state index in [1.807, 2.05) is 19.1 Å². The second-order valence-electron chi connectivity index (χ2n) is 4.51. The average molecular weight is 264 g/mol. The van der Waals surface area contributed by atoms with Crippen molar-refractivity contribution in [2.45, 2.75) is 38.6 Å². The molecule has 1 atom stereocenters. The number of carbonyl (C=O) groups excluding carboxylic acids is 1. The smallest absolute Gasteiger partial charge is 0.305 e. The van der Waals surface area contributed by atoms with E-state index in [9.17, 15) is 9.59 Å². The molecule has 0 aliphatic rings. The monoisotopic (exact) mass is 264 g/mol. The number of hydrogen-bond donors (Lipinski definition) is 3. The SMILES string of the molecule is CCC(CC(=O)O)NC(=O)CCc1ccc(N)cc1. The number of benzene rings is 1. The zero-order valence-corrected chi connectivity index (χ0v) is 11.1. The van der Waals surface area contributed by atoms with Crippen LogP contribution in [0.2, 0.25) is 0 Å². The summed E-state index contributed by atoms with van der Waals surface area (Å²) in [7, 11) is 0. The Hall–Kier alpha value is -2.04. The van der Waals surface area contributed by atoms with Crippen LogP contribution in [0.3, 0.4) is 0 Å². The summed E-state index contributed by atoms with van der Waals surface area (Å²) >= 11 is 0. The minimum Gasteiger partial charge on any atom is -0.481 e. The molecule has 0 aromatic heterocycles. The van der Waals surface area contributed by atoms with Gasteiger partial charge in [0, 0.05) is 18.2 Å². The summed E-state index contributed by atoms with van der Waals surface area (Å²) in [4.78, 5) is 22.3. The van der Waals surface area contributed by atoms with Crippen LogP contribution < -0.4 is 11.1 Å². The van der Waals surface area contributed by atoms with Gasteiger partial charge < -0.3 is 16.2 Å². The lowest BCUT2D eigenvalue weighted by Gasteiger charge is -2.14. The van der Waals surface area contributed by atoms with Crippen molar-refractivity contribution in [3.8, 4) is 0 Å². The minimum absolute atomic E-state index is 0.0376. The largest absolute Gasteiger partial charge is 0.481 e. The number of aliphatic carboxylic acids is 1. The van der Waals surface area contributed by atoms with Crippen LogP contribution in [-0.4, -0.2) is 23.0 Å². The Labute approximate surface area is 112 Å². The summed E-state index contributed by atoms with van der Waals surface area (Å²) in [6, 6.07) is 7.07. The molecule has 1 unspecified atom stereocenters. The van der Waals surface area contributed by atoms with Gasteiger partial charge in [-0.05, 0) is 30.5 Å². The Morgan fingerprint density at radius 3 is 2.47 bits per heavy atom. The van der Waals surface area contributed by atoms with Crippen molar-refractivity contribution in [3.05, 3.63) is 29.8 Å². The fourth-order valence-electron chi connectivity index (χ4n) is 1.75. The summed E-state index contributed by atoms with van der Waals surface area (Å²) in [6.07, 6.45) is 1.54. The Bertz CT molecular complexity index is 429. The maximum absolute atomic E-state index is 11.7. The van der Waals surface area contributed by atoms with Crippen molar-refractivity contribution in [3.63, 3.8) is 0 Å². The number of nitrogens with one attached hydrogen (secondary N) is 1. The lowest BCUT2D eigenvalue weighted by atomic mass is 10.1. The van der Waals surface area contributed by atoms with E-state index in [0.717, 1.165) is 5.56 Å². The van der Waals surface area contributed by atoms with Crippen LogP contribution >= 0.6 is 0 Å². The molecule has 0 saturated carbocycles. The molecule has 0 fully saturated rings. The Morgan fingerprint density at radius 1 is 1.32 bits per heavy atom. The third-order valence-electron chi connectivity index (χ3n) is 2.90. The van der Waals surface area contributed by atoms with Gasteiger partial charge >= 0.3 is 5.97 Å². The van der Waals surface area contributed by atoms with E-state index < -0.39 is 5.97 Å². The number of carboxylic acids is 1. The topological polar surface area (TPSA) is 92.4 Å². The summed E-state index contributed by atoms with van der Waals surface area (Å²) in [5.41, 5.74) is 7.31. The molecule has 5 nitrogen and oxygen atoms in total. The molecule has 0 aliphatic heterocycles.